The molecule has 3 aromatic rings. The first-order valence-electron chi connectivity index (χ1n) is 11.0. The molecule has 186 valence electrons. The fraction of sp³-hybridized carbons (Fsp3) is 0.200. The lowest BCUT2D eigenvalue weighted by molar-refractivity contribution is -0.137. The van der Waals surface area contributed by atoms with Gasteiger partial charge < -0.3 is 20.3 Å². The van der Waals surface area contributed by atoms with Crippen LogP contribution in [0, 0.1) is 0 Å². The highest BCUT2D eigenvalue weighted by Crippen LogP contribution is 2.30. The van der Waals surface area contributed by atoms with Gasteiger partial charge in [-0.1, -0.05) is 18.2 Å². The van der Waals surface area contributed by atoms with Crippen LogP contribution in [0.5, 0.6) is 0 Å². The van der Waals surface area contributed by atoms with E-state index < -0.39 is 23.6 Å². The summed E-state index contributed by atoms with van der Waals surface area (Å²) in [5.74, 6) is -0.435. The summed E-state index contributed by atoms with van der Waals surface area (Å²) in [4.78, 5) is 35.4. The molecule has 1 fully saturated rings. The van der Waals surface area contributed by atoms with Gasteiger partial charge in [-0.05, 0) is 42.0 Å². The third kappa shape index (κ3) is 6.66. The van der Waals surface area contributed by atoms with Crippen LogP contribution < -0.4 is 15.5 Å². The Kier molecular flexibility index (Phi) is 7.59. The van der Waals surface area contributed by atoms with Crippen molar-refractivity contribution in [1.29, 1.82) is 0 Å². The number of hydrogen-bond donors (Lipinski definition) is 2. The van der Waals surface area contributed by atoms with Gasteiger partial charge in [0.1, 0.15) is 0 Å². The Hall–Kier alpha value is -4.25. The molecule has 2 N–H and O–H groups in total. The number of benzene rings is 2. The molecule has 1 aromatic heterocycles. The van der Waals surface area contributed by atoms with Gasteiger partial charge in [0.05, 0.1) is 36.9 Å². The van der Waals surface area contributed by atoms with Crippen molar-refractivity contribution in [3.05, 3.63) is 83.7 Å². The first kappa shape index (κ1) is 24.9. The molecule has 2 amide bonds. The summed E-state index contributed by atoms with van der Waals surface area (Å²) in [5, 5.41) is 5.12. The van der Waals surface area contributed by atoms with Gasteiger partial charge in [0.25, 0.3) is 5.91 Å². The van der Waals surface area contributed by atoms with Crippen molar-refractivity contribution in [2.75, 3.05) is 41.8 Å². The van der Waals surface area contributed by atoms with E-state index >= 15 is 0 Å². The third-order valence-electron chi connectivity index (χ3n) is 5.22. The zero-order chi connectivity index (χ0) is 25.5. The number of carbonyl (C=O) groups is 2. The number of amides is 2. The van der Waals surface area contributed by atoms with Crippen LogP contribution in [0.15, 0.2) is 67.0 Å². The van der Waals surface area contributed by atoms with Gasteiger partial charge in [-0.3, -0.25) is 9.59 Å². The monoisotopic (exact) mass is 497 g/mol. The number of hydrogen-bond acceptors (Lipinski definition) is 6. The molecule has 4 rings (SSSR count). The van der Waals surface area contributed by atoms with Crippen molar-refractivity contribution >= 4 is 35.2 Å². The second-order valence-electron chi connectivity index (χ2n) is 7.85. The Morgan fingerprint density at radius 3 is 2.39 bits per heavy atom. The van der Waals surface area contributed by atoms with Crippen LogP contribution in [-0.2, 0) is 15.7 Å². The average Bonchev–Trinajstić information content (AvgIpc) is 2.88. The number of alkyl halides is 3. The van der Waals surface area contributed by atoms with Gasteiger partial charge in [0.15, 0.2) is 0 Å². The highest BCUT2D eigenvalue weighted by Gasteiger charge is 2.30. The number of rotatable bonds is 6. The minimum Gasteiger partial charge on any atom is -0.378 e. The van der Waals surface area contributed by atoms with Crippen molar-refractivity contribution in [2.45, 2.75) is 6.18 Å². The zero-order valence-electron chi connectivity index (χ0n) is 19.0. The van der Waals surface area contributed by atoms with Gasteiger partial charge in [-0.25, -0.2) is 9.97 Å². The third-order valence-corrected chi connectivity index (χ3v) is 5.22. The highest BCUT2D eigenvalue weighted by molar-refractivity contribution is 6.05. The minimum atomic E-state index is -4.51. The molecule has 2 heterocycles. The molecule has 0 radical (unpaired) electrons. The number of ether oxygens (including phenoxy) is 1. The SMILES string of the molecule is O=C(C=Cc1cccc(C(=O)Nc2cccc(C(F)(F)F)c2)c1)Nc1cnc(N2CCOCC2)nc1. The molecular weight excluding hydrogens is 475 g/mol. The topological polar surface area (TPSA) is 96.5 Å². The largest absolute Gasteiger partial charge is 0.416 e. The van der Waals surface area contributed by atoms with Crippen molar-refractivity contribution < 1.29 is 27.5 Å². The molecule has 0 aliphatic carbocycles. The van der Waals surface area contributed by atoms with E-state index in [1.54, 1.807) is 12.1 Å². The van der Waals surface area contributed by atoms with E-state index in [9.17, 15) is 22.8 Å². The van der Waals surface area contributed by atoms with E-state index in [1.807, 2.05) is 4.90 Å². The molecule has 0 atom stereocenters. The molecule has 0 unspecified atom stereocenters. The summed E-state index contributed by atoms with van der Waals surface area (Å²) in [6.07, 6.45) is 1.33. The summed E-state index contributed by atoms with van der Waals surface area (Å²) in [5.41, 5.74) is 0.375. The van der Waals surface area contributed by atoms with Gasteiger partial charge in [-0.15, -0.1) is 0 Å². The second-order valence-corrected chi connectivity index (χ2v) is 7.85. The average molecular weight is 497 g/mol. The maximum atomic E-state index is 12.9. The predicted octanol–water partition coefficient (Wildman–Crippen LogP) is 4.24. The van der Waals surface area contributed by atoms with E-state index in [0.717, 1.165) is 12.1 Å². The molecule has 0 bridgehead atoms. The van der Waals surface area contributed by atoms with Crippen molar-refractivity contribution in [3.63, 3.8) is 0 Å². The highest BCUT2D eigenvalue weighted by atomic mass is 19.4. The summed E-state index contributed by atoms with van der Waals surface area (Å²) in [7, 11) is 0. The molecule has 36 heavy (non-hydrogen) atoms. The Labute approximate surface area is 204 Å². The number of anilines is 3. The van der Waals surface area contributed by atoms with Gasteiger partial charge in [-0.2, -0.15) is 13.2 Å². The van der Waals surface area contributed by atoms with Crippen LogP contribution in [0.4, 0.5) is 30.5 Å². The Morgan fingerprint density at radius 2 is 1.67 bits per heavy atom. The van der Waals surface area contributed by atoms with Gasteiger partial charge in [0, 0.05) is 30.4 Å². The summed E-state index contributed by atoms with van der Waals surface area (Å²) in [6, 6.07) is 10.7. The fourth-order valence-corrected chi connectivity index (χ4v) is 3.43. The standard InChI is InChI=1S/C25H22F3N5O3/c26-25(27,28)19-5-2-6-20(14-19)32-23(35)18-4-1-3-17(13-18)7-8-22(34)31-21-15-29-24(30-16-21)33-9-11-36-12-10-33/h1-8,13-16H,9-12H2,(H,31,34)(H,32,35). The van der Waals surface area contributed by atoms with Crippen molar-refractivity contribution in [2.24, 2.45) is 0 Å². The molecule has 0 spiro atoms. The maximum Gasteiger partial charge on any atom is 0.416 e. The summed E-state index contributed by atoms with van der Waals surface area (Å²) < 4.78 is 44.0. The van der Waals surface area contributed by atoms with Crippen molar-refractivity contribution in [3.8, 4) is 0 Å². The lowest BCUT2D eigenvalue weighted by atomic mass is 10.1. The number of morpholine rings is 1. The smallest absolute Gasteiger partial charge is 0.378 e. The molecule has 8 nitrogen and oxygen atoms in total. The Bertz CT molecular complexity index is 1260. The number of carbonyl (C=O) groups excluding carboxylic acids is 2. The van der Waals surface area contributed by atoms with Crippen LogP contribution >= 0.6 is 0 Å². The van der Waals surface area contributed by atoms with E-state index in [-0.39, 0.29) is 11.3 Å². The predicted molar refractivity (Wildman–Crippen MR) is 129 cm³/mol. The van der Waals surface area contributed by atoms with Crippen molar-refractivity contribution in [1.82, 2.24) is 9.97 Å². The van der Waals surface area contributed by atoms with E-state index in [2.05, 4.69) is 20.6 Å². The Balaban J connectivity index is 1.35. The lowest BCUT2D eigenvalue weighted by Crippen LogP contribution is -2.37. The van der Waals surface area contributed by atoms with Crippen LogP contribution in [0.25, 0.3) is 6.08 Å². The zero-order valence-corrected chi connectivity index (χ0v) is 19.0. The van der Waals surface area contributed by atoms with E-state index in [1.165, 1.54) is 48.8 Å². The number of halogens is 3. The molecule has 11 heteroatoms. The summed E-state index contributed by atoms with van der Waals surface area (Å²) in [6.45, 7) is 2.62. The quantitative estimate of drug-likeness (QED) is 0.495. The van der Waals surface area contributed by atoms with Crippen LogP contribution in [0.3, 0.4) is 0 Å². The number of nitrogens with zero attached hydrogens (tertiary/aromatic N) is 3. The maximum absolute atomic E-state index is 12.9. The molecule has 1 aliphatic heterocycles. The molecule has 1 saturated heterocycles. The molecular formula is C25H22F3N5O3. The molecule has 0 saturated carbocycles. The first-order valence-corrected chi connectivity index (χ1v) is 11.0. The lowest BCUT2D eigenvalue weighted by Gasteiger charge is -2.26. The molecule has 2 aromatic carbocycles. The number of aromatic nitrogens is 2. The fourth-order valence-electron chi connectivity index (χ4n) is 3.43. The van der Waals surface area contributed by atoms with E-state index in [0.29, 0.717) is 43.5 Å². The van der Waals surface area contributed by atoms with Gasteiger partial charge >= 0.3 is 6.18 Å². The second kappa shape index (κ2) is 11.0. The normalized spacial score (nSPS) is 14.0. The van der Waals surface area contributed by atoms with Crippen LogP contribution in [-0.4, -0.2) is 48.1 Å². The van der Waals surface area contributed by atoms with Crippen LogP contribution in [0.2, 0.25) is 0 Å². The summed E-state index contributed by atoms with van der Waals surface area (Å²) >= 11 is 0. The minimum absolute atomic E-state index is 0.0250. The Morgan fingerprint density at radius 1 is 0.944 bits per heavy atom. The van der Waals surface area contributed by atoms with Crippen LogP contribution in [0.1, 0.15) is 21.5 Å². The molecule has 1 aliphatic rings. The first-order chi connectivity index (χ1) is 17.3. The van der Waals surface area contributed by atoms with Gasteiger partial charge in [0.2, 0.25) is 11.9 Å². The number of nitrogens with one attached hydrogen (secondary N) is 2. The van der Waals surface area contributed by atoms with E-state index in [4.69, 9.17) is 4.74 Å².